The average molecular weight is 466 g/mol. The molecule has 0 radical (unpaired) electrons. The number of nitrogens with one attached hydrogen (secondary N) is 2. The number of anilines is 1. The van der Waals surface area contributed by atoms with Gasteiger partial charge in [0.25, 0.3) is 0 Å². The van der Waals surface area contributed by atoms with E-state index in [1.807, 2.05) is 49.4 Å². The molecule has 2 amide bonds. The van der Waals surface area contributed by atoms with E-state index in [4.69, 9.17) is 16.3 Å². The Balaban J connectivity index is 1.58. The van der Waals surface area contributed by atoms with Crippen LogP contribution in [-0.2, 0) is 9.59 Å². The van der Waals surface area contributed by atoms with Gasteiger partial charge in [-0.1, -0.05) is 61.3 Å². The van der Waals surface area contributed by atoms with E-state index >= 15 is 0 Å². The summed E-state index contributed by atoms with van der Waals surface area (Å²) >= 11 is 6.08. The first-order valence-corrected chi connectivity index (χ1v) is 11.4. The molecule has 3 rings (SSSR count). The lowest BCUT2D eigenvalue weighted by Crippen LogP contribution is -2.20. The number of rotatable bonds is 10. The number of amides is 2. The van der Waals surface area contributed by atoms with Gasteiger partial charge in [-0.3, -0.25) is 9.59 Å². The van der Waals surface area contributed by atoms with Gasteiger partial charge in [-0.15, -0.1) is 0 Å². The summed E-state index contributed by atoms with van der Waals surface area (Å²) in [5, 5.41) is 9.47. The molecule has 3 aromatic rings. The highest BCUT2D eigenvalue weighted by Gasteiger charge is 2.09. The first-order chi connectivity index (χ1) is 16.0. The number of fused-ring (bicyclic) bond motifs is 1. The Bertz CT molecular complexity index is 1160. The van der Waals surface area contributed by atoms with Gasteiger partial charge in [-0.2, -0.15) is 5.10 Å². The third kappa shape index (κ3) is 7.05. The molecule has 3 aromatic carbocycles. The largest absolute Gasteiger partial charge is 0.493 e. The normalized spacial score (nSPS) is 11.0. The maximum atomic E-state index is 12.2. The Morgan fingerprint density at radius 3 is 2.64 bits per heavy atom. The molecule has 0 saturated carbocycles. The molecule has 172 valence electrons. The van der Waals surface area contributed by atoms with Gasteiger partial charge in [-0.05, 0) is 47.9 Å². The molecule has 7 heteroatoms. The zero-order chi connectivity index (χ0) is 23.6. The number of carbonyl (C=O) groups excluding carboxylic acids is 2. The number of nitrogens with zero attached hydrogens (tertiary/aromatic N) is 1. The molecule has 0 aliphatic carbocycles. The van der Waals surface area contributed by atoms with Crippen LogP contribution in [0.1, 0.15) is 43.7 Å². The molecule has 0 unspecified atom stereocenters. The van der Waals surface area contributed by atoms with Crippen molar-refractivity contribution in [2.45, 2.75) is 39.5 Å². The zero-order valence-corrected chi connectivity index (χ0v) is 19.6. The fourth-order valence-corrected chi connectivity index (χ4v) is 3.39. The predicted octanol–water partition coefficient (Wildman–Crippen LogP) is 5.85. The standard InChI is InChI=1S/C26H28ClN3O3/c1-3-4-15-33-24-12-10-19-7-5-6-8-21(19)22(24)17-28-30-26(32)14-13-25(31)29-20-11-9-18(2)23(27)16-20/h5-12,16-17H,3-4,13-15H2,1-2H3,(H,29,31)(H,30,32). The molecule has 6 nitrogen and oxygen atoms in total. The van der Waals surface area contributed by atoms with Gasteiger partial charge in [0.05, 0.1) is 12.8 Å². The lowest BCUT2D eigenvalue weighted by Gasteiger charge is -2.11. The molecule has 0 aliphatic rings. The molecule has 0 heterocycles. The van der Waals surface area contributed by atoms with Gasteiger partial charge in [-0.25, -0.2) is 5.43 Å². The third-order valence-electron chi connectivity index (χ3n) is 5.10. The summed E-state index contributed by atoms with van der Waals surface area (Å²) in [5.74, 6) is 0.100. The maximum Gasteiger partial charge on any atom is 0.240 e. The molecule has 0 saturated heterocycles. The smallest absolute Gasteiger partial charge is 0.240 e. The van der Waals surface area contributed by atoms with E-state index in [2.05, 4.69) is 22.8 Å². The highest BCUT2D eigenvalue weighted by atomic mass is 35.5. The van der Waals surface area contributed by atoms with Crippen molar-refractivity contribution in [3.05, 3.63) is 70.7 Å². The molecule has 0 aliphatic heterocycles. The summed E-state index contributed by atoms with van der Waals surface area (Å²) in [4.78, 5) is 24.3. The van der Waals surface area contributed by atoms with E-state index in [-0.39, 0.29) is 24.7 Å². The number of hydrazone groups is 1. The summed E-state index contributed by atoms with van der Waals surface area (Å²) in [6, 6.07) is 17.1. The second kappa shape index (κ2) is 12.0. The number of benzene rings is 3. The molecule has 0 spiro atoms. The summed E-state index contributed by atoms with van der Waals surface area (Å²) in [7, 11) is 0. The zero-order valence-electron chi connectivity index (χ0n) is 18.9. The number of hydrogen-bond donors (Lipinski definition) is 2. The highest BCUT2D eigenvalue weighted by molar-refractivity contribution is 6.31. The molecule has 0 fully saturated rings. The number of halogens is 1. The van der Waals surface area contributed by atoms with Crippen molar-refractivity contribution in [3.8, 4) is 5.75 Å². The van der Waals surface area contributed by atoms with E-state index in [9.17, 15) is 9.59 Å². The summed E-state index contributed by atoms with van der Waals surface area (Å²) in [6.07, 6.45) is 3.63. The fourth-order valence-electron chi connectivity index (χ4n) is 3.21. The predicted molar refractivity (Wildman–Crippen MR) is 134 cm³/mol. The number of aryl methyl sites for hydroxylation is 1. The molecule has 0 aromatic heterocycles. The number of ether oxygens (including phenoxy) is 1. The minimum absolute atomic E-state index is 0.0121. The van der Waals surface area contributed by atoms with E-state index in [0.29, 0.717) is 17.3 Å². The van der Waals surface area contributed by atoms with Gasteiger partial charge in [0, 0.05) is 29.1 Å². The van der Waals surface area contributed by atoms with Crippen molar-refractivity contribution in [3.63, 3.8) is 0 Å². The van der Waals surface area contributed by atoms with Crippen LogP contribution in [0.3, 0.4) is 0 Å². The van der Waals surface area contributed by atoms with Crippen molar-refractivity contribution >= 4 is 46.1 Å². The number of carbonyl (C=O) groups is 2. The van der Waals surface area contributed by atoms with Crippen molar-refractivity contribution in [2.24, 2.45) is 5.10 Å². The van der Waals surface area contributed by atoms with E-state index < -0.39 is 0 Å². The number of hydrogen-bond acceptors (Lipinski definition) is 4. The molecule has 33 heavy (non-hydrogen) atoms. The highest BCUT2D eigenvalue weighted by Crippen LogP contribution is 2.27. The SMILES string of the molecule is CCCCOc1ccc2ccccc2c1C=NNC(=O)CCC(=O)Nc1ccc(C)c(Cl)c1. The first-order valence-electron chi connectivity index (χ1n) is 11.0. The van der Waals surface area contributed by atoms with Crippen LogP contribution >= 0.6 is 11.6 Å². The fraction of sp³-hybridized carbons (Fsp3) is 0.269. The molecule has 0 atom stereocenters. The number of unbranched alkanes of at least 4 members (excludes halogenated alkanes) is 1. The van der Waals surface area contributed by atoms with Gasteiger partial charge in [0.1, 0.15) is 5.75 Å². The Labute approximate surface area is 199 Å². The molecular weight excluding hydrogens is 438 g/mol. The lowest BCUT2D eigenvalue weighted by atomic mass is 10.0. The second-order valence-electron chi connectivity index (χ2n) is 7.71. The van der Waals surface area contributed by atoms with Gasteiger partial charge >= 0.3 is 0 Å². The van der Waals surface area contributed by atoms with Crippen LogP contribution in [0.15, 0.2) is 59.7 Å². The van der Waals surface area contributed by atoms with E-state index in [0.717, 1.165) is 40.5 Å². The topological polar surface area (TPSA) is 79.8 Å². The van der Waals surface area contributed by atoms with Crippen LogP contribution in [-0.4, -0.2) is 24.6 Å². The minimum Gasteiger partial charge on any atom is -0.493 e. The molecule has 0 bridgehead atoms. The van der Waals surface area contributed by atoms with Crippen LogP contribution in [0.4, 0.5) is 5.69 Å². The van der Waals surface area contributed by atoms with Gasteiger partial charge < -0.3 is 10.1 Å². The van der Waals surface area contributed by atoms with Crippen LogP contribution in [0, 0.1) is 6.92 Å². The van der Waals surface area contributed by atoms with Crippen LogP contribution < -0.4 is 15.5 Å². The minimum atomic E-state index is -0.350. The van der Waals surface area contributed by atoms with Crippen LogP contribution in [0.2, 0.25) is 5.02 Å². The van der Waals surface area contributed by atoms with Crippen LogP contribution in [0.5, 0.6) is 5.75 Å². The summed E-state index contributed by atoms with van der Waals surface area (Å²) < 4.78 is 5.93. The summed E-state index contributed by atoms with van der Waals surface area (Å²) in [6.45, 7) is 4.61. The third-order valence-corrected chi connectivity index (χ3v) is 5.51. The Morgan fingerprint density at radius 2 is 1.85 bits per heavy atom. The average Bonchev–Trinajstić information content (AvgIpc) is 2.81. The molecular formula is C26H28ClN3O3. The summed E-state index contributed by atoms with van der Waals surface area (Å²) in [5.41, 5.74) is 4.83. The first kappa shape index (κ1) is 24.3. The van der Waals surface area contributed by atoms with E-state index in [1.54, 1.807) is 18.3 Å². The van der Waals surface area contributed by atoms with Crippen LogP contribution in [0.25, 0.3) is 10.8 Å². The van der Waals surface area contributed by atoms with Crippen molar-refractivity contribution in [1.82, 2.24) is 5.43 Å². The van der Waals surface area contributed by atoms with E-state index in [1.165, 1.54) is 0 Å². The quantitative estimate of drug-likeness (QED) is 0.224. The molecule has 2 N–H and O–H groups in total. The Hall–Kier alpha value is -3.38. The van der Waals surface area contributed by atoms with Crippen molar-refractivity contribution in [2.75, 3.05) is 11.9 Å². The Kier molecular flexibility index (Phi) is 8.84. The van der Waals surface area contributed by atoms with Gasteiger partial charge in [0.15, 0.2) is 0 Å². The van der Waals surface area contributed by atoms with Gasteiger partial charge in [0.2, 0.25) is 11.8 Å². The Morgan fingerprint density at radius 1 is 1.06 bits per heavy atom. The maximum absolute atomic E-state index is 12.2. The second-order valence-corrected chi connectivity index (χ2v) is 8.11. The lowest BCUT2D eigenvalue weighted by molar-refractivity contribution is -0.124. The van der Waals surface area contributed by atoms with Crippen molar-refractivity contribution in [1.29, 1.82) is 0 Å². The van der Waals surface area contributed by atoms with Crippen molar-refractivity contribution < 1.29 is 14.3 Å². The monoisotopic (exact) mass is 465 g/mol.